The molecule has 4 nitrogen and oxygen atoms in total. The molecule has 0 aliphatic heterocycles. The fourth-order valence-electron chi connectivity index (χ4n) is 2.67. The Morgan fingerprint density at radius 3 is 2.80 bits per heavy atom. The molecule has 0 bridgehead atoms. The summed E-state index contributed by atoms with van der Waals surface area (Å²) in [5.41, 5.74) is 1.66. The summed E-state index contributed by atoms with van der Waals surface area (Å²) in [6.45, 7) is 2.39. The van der Waals surface area contributed by atoms with E-state index in [1.807, 2.05) is 13.0 Å². The zero-order valence-electron chi connectivity index (χ0n) is 11.4. The summed E-state index contributed by atoms with van der Waals surface area (Å²) >= 11 is 3.40. The molecule has 5 heteroatoms. The van der Waals surface area contributed by atoms with Crippen molar-refractivity contribution < 1.29 is 14.7 Å². The van der Waals surface area contributed by atoms with Crippen LogP contribution in [0.3, 0.4) is 0 Å². The van der Waals surface area contributed by atoms with Crippen LogP contribution in [0.2, 0.25) is 0 Å². The largest absolute Gasteiger partial charge is 0.481 e. The minimum absolute atomic E-state index is 0.0466. The number of carbonyl (C=O) groups is 2. The van der Waals surface area contributed by atoms with Crippen molar-refractivity contribution >= 4 is 27.8 Å². The average Bonchev–Trinajstić information content (AvgIpc) is 2.87. The minimum Gasteiger partial charge on any atom is -0.481 e. The molecule has 1 aliphatic rings. The van der Waals surface area contributed by atoms with Crippen molar-refractivity contribution in [3.05, 3.63) is 33.8 Å². The van der Waals surface area contributed by atoms with E-state index < -0.39 is 5.97 Å². The molecule has 0 radical (unpaired) electrons. The standard InChI is InChI=1S/C15H18BrNO3/c1-9-5-6-10(7-13(9)16)14(18)17-8-11-3-2-4-12(11)15(19)20/h5-7,11-12H,2-4,8H2,1H3,(H,17,18)(H,19,20). The maximum absolute atomic E-state index is 12.1. The van der Waals surface area contributed by atoms with Crippen LogP contribution in [0.1, 0.15) is 35.2 Å². The Hall–Kier alpha value is -1.36. The maximum Gasteiger partial charge on any atom is 0.306 e. The van der Waals surface area contributed by atoms with Gasteiger partial charge in [0, 0.05) is 16.6 Å². The molecule has 1 aromatic rings. The molecule has 2 rings (SSSR count). The maximum atomic E-state index is 12.1. The summed E-state index contributed by atoms with van der Waals surface area (Å²) in [6, 6.07) is 5.45. The van der Waals surface area contributed by atoms with Gasteiger partial charge in [0.15, 0.2) is 0 Å². The summed E-state index contributed by atoms with van der Waals surface area (Å²) in [5.74, 6) is -1.17. The molecule has 0 spiro atoms. The van der Waals surface area contributed by atoms with Crippen LogP contribution in [0.5, 0.6) is 0 Å². The third-order valence-electron chi connectivity index (χ3n) is 3.94. The summed E-state index contributed by atoms with van der Waals surface area (Å²) in [4.78, 5) is 23.2. The number of amides is 1. The first-order valence-corrected chi connectivity index (χ1v) is 7.55. The molecular weight excluding hydrogens is 322 g/mol. The predicted octanol–water partition coefficient (Wildman–Crippen LogP) is 2.99. The lowest BCUT2D eigenvalue weighted by Crippen LogP contribution is -2.33. The summed E-state index contributed by atoms with van der Waals surface area (Å²) in [5, 5.41) is 12.0. The SMILES string of the molecule is Cc1ccc(C(=O)NCC2CCCC2C(=O)O)cc1Br. The highest BCUT2D eigenvalue weighted by molar-refractivity contribution is 9.10. The Morgan fingerprint density at radius 2 is 2.15 bits per heavy atom. The predicted molar refractivity (Wildman–Crippen MR) is 79.7 cm³/mol. The highest BCUT2D eigenvalue weighted by Gasteiger charge is 2.32. The molecule has 0 saturated heterocycles. The van der Waals surface area contributed by atoms with Gasteiger partial charge in [0.25, 0.3) is 5.91 Å². The van der Waals surface area contributed by atoms with E-state index in [1.165, 1.54) is 0 Å². The summed E-state index contributed by atoms with van der Waals surface area (Å²) < 4.78 is 0.898. The van der Waals surface area contributed by atoms with Crippen molar-refractivity contribution in [2.24, 2.45) is 11.8 Å². The zero-order valence-corrected chi connectivity index (χ0v) is 12.9. The third kappa shape index (κ3) is 3.39. The lowest BCUT2D eigenvalue weighted by Gasteiger charge is -2.16. The Kier molecular flexibility index (Phi) is 4.81. The van der Waals surface area contributed by atoms with Crippen molar-refractivity contribution in [2.75, 3.05) is 6.54 Å². The van der Waals surface area contributed by atoms with Gasteiger partial charge in [-0.1, -0.05) is 28.4 Å². The fraction of sp³-hybridized carbons (Fsp3) is 0.467. The van der Waals surface area contributed by atoms with Gasteiger partial charge < -0.3 is 10.4 Å². The van der Waals surface area contributed by atoms with Crippen LogP contribution in [-0.4, -0.2) is 23.5 Å². The lowest BCUT2D eigenvalue weighted by atomic mass is 9.96. The number of aryl methyl sites for hydroxylation is 1. The molecule has 1 aliphatic carbocycles. The molecule has 0 heterocycles. The van der Waals surface area contributed by atoms with E-state index in [0.29, 0.717) is 18.5 Å². The Labute approximate surface area is 126 Å². The van der Waals surface area contributed by atoms with E-state index in [9.17, 15) is 9.59 Å². The van der Waals surface area contributed by atoms with E-state index in [1.54, 1.807) is 12.1 Å². The highest BCUT2D eigenvalue weighted by Crippen LogP contribution is 2.31. The average molecular weight is 340 g/mol. The number of carbonyl (C=O) groups excluding carboxylic acids is 1. The van der Waals surface area contributed by atoms with Crippen molar-refractivity contribution in [1.29, 1.82) is 0 Å². The molecule has 2 atom stereocenters. The van der Waals surface area contributed by atoms with Crippen molar-refractivity contribution in [2.45, 2.75) is 26.2 Å². The fourth-order valence-corrected chi connectivity index (χ4v) is 3.05. The van der Waals surface area contributed by atoms with Crippen molar-refractivity contribution in [1.82, 2.24) is 5.32 Å². The first-order chi connectivity index (χ1) is 9.49. The number of carboxylic acid groups (broad SMARTS) is 1. The van der Waals surface area contributed by atoms with Crippen LogP contribution in [0, 0.1) is 18.8 Å². The van der Waals surface area contributed by atoms with Crippen LogP contribution in [0.25, 0.3) is 0 Å². The van der Waals surface area contributed by atoms with Gasteiger partial charge in [0.05, 0.1) is 5.92 Å². The second kappa shape index (κ2) is 6.39. The summed E-state index contributed by atoms with van der Waals surface area (Å²) in [7, 11) is 0. The lowest BCUT2D eigenvalue weighted by molar-refractivity contribution is -0.142. The monoisotopic (exact) mass is 339 g/mol. The quantitative estimate of drug-likeness (QED) is 0.886. The Balaban J connectivity index is 1.95. The van der Waals surface area contributed by atoms with Gasteiger partial charge in [-0.05, 0) is 43.4 Å². The van der Waals surface area contributed by atoms with Crippen LogP contribution in [0.4, 0.5) is 0 Å². The van der Waals surface area contributed by atoms with Crippen molar-refractivity contribution in [3.8, 4) is 0 Å². The van der Waals surface area contributed by atoms with Crippen LogP contribution in [0.15, 0.2) is 22.7 Å². The number of halogens is 1. The van der Waals surface area contributed by atoms with E-state index in [0.717, 1.165) is 22.9 Å². The first-order valence-electron chi connectivity index (χ1n) is 6.76. The Morgan fingerprint density at radius 1 is 1.40 bits per heavy atom. The number of aliphatic carboxylic acids is 1. The molecule has 0 aromatic heterocycles. The van der Waals surface area contributed by atoms with E-state index in [-0.39, 0.29) is 17.7 Å². The number of nitrogens with one attached hydrogen (secondary N) is 1. The van der Waals surface area contributed by atoms with Crippen molar-refractivity contribution in [3.63, 3.8) is 0 Å². The normalized spacial score (nSPS) is 21.7. The summed E-state index contributed by atoms with van der Waals surface area (Å²) in [6.07, 6.45) is 2.51. The number of carboxylic acids is 1. The Bertz CT molecular complexity index is 530. The number of hydrogen-bond acceptors (Lipinski definition) is 2. The van der Waals surface area contributed by atoms with Gasteiger partial charge >= 0.3 is 5.97 Å². The highest BCUT2D eigenvalue weighted by atomic mass is 79.9. The van der Waals surface area contributed by atoms with Gasteiger partial charge in [-0.3, -0.25) is 9.59 Å². The molecule has 1 aromatic carbocycles. The molecule has 1 amide bonds. The molecule has 1 fully saturated rings. The van der Waals surface area contributed by atoms with Gasteiger partial charge in [-0.2, -0.15) is 0 Å². The smallest absolute Gasteiger partial charge is 0.306 e. The van der Waals surface area contributed by atoms with Crippen LogP contribution in [-0.2, 0) is 4.79 Å². The number of benzene rings is 1. The number of rotatable bonds is 4. The number of hydrogen-bond donors (Lipinski definition) is 2. The van der Waals surface area contributed by atoms with Gasteiger partial charge in [-0.25, -0.2) is 0 Å². The molecule has 108 valence electrons. The van der Waals surface area contributed by atoms with Crippen LogP contribution < -0.4 is 5.32 Å². The zero-order chi connectivity index (χ0) is 14.7. The van der Waals surface area contributed by atoms with Gasteiger partial charge in [0.1, 0.15) is 0 Å². The third-order valence-corrected chi connectivity index (χ3v) is 4.79. The van der Waals surface area contributed by atoms with Gasteiger partial charge in [-0.15, -0.1) is 0 Å². The second-order valence-electron chi connectivity index (χ2n) is 5.31. The minimum atomic E-state index is -0.750. The topological polar surface area (TPSA) is 66.4 Å². The molecule has 2 unspecified atom stereocenters. The molecular formula is C15H18BrNO3. The van der Waals surface area contributed by atoms with Gasteiger partial charge in [0.2, 0.25) is 0 Å². The molecule has 1 saturated carbocycles. The van der Waals surface area contributed by atoms with Crippen LogP contribution >= 0.6 is 15.9 Å². The second-order valence-corrected chi connectivity index (χ2v) is 6.16. The molecule has 20 heavy (non-hydrogen) atoms. The van der Waals surface area contributed by atoms with E-state index in [4.69, 9.17) is 5.11 Å². The van der Waals surface area contributed by atoms with E-state index >= 15 is 0 Å². The van der Waals surface area contributed by atoms with E-state index in [2.05, 4.69) is 21.2 Å². The molecule has 2 N–H and O–H groups in total. The first kappa shape index (κ1) is 15.0.